The molecule has 0 rings (SSSR count). The zero-order valence-corrected chi connectivity index (χ0v) is 6.23. The SMILES string of the molecule is OC[SiH2]OCC(O)(O)O. The molecule has 6 heteroatoms. The van der Waals surface area contributed by atoms with Crippen molar-refractivity contribution in [2.75, 3.05) is 12.8 Å². The number of hydrogen-bond donors (Lipinski definition) is 4. The third-order valence-electron chi connectivity index (χ3n) is 0.531. The Morgan fingerprint density at radius 2 is 1.89 bits per heavy atom. The summed E-state index contributed by atoms with van der Waals surface area (Å²) in [6, 6.07) is 0. The van der Waals surface area contributed by atoms with E-state index in [1.165, 1.54) is 0 Å². The van der Waals surface area contributed by atoms with E-state index in [4.69, 9.17) is 20.4 Å². The largest absolute Gasteiger partial charge is 0.413 e. The molecule has 0 aliphatic heterocycles. The second-order valence-corrected chi connectivity index (χ2v) is 2.81. The molecule has 0 aromatic carbocycles. The maximum Gasteiger partial charge on any atom is 0.298 e. The van der Waals surface area contributed by atoms with Gasteiger partial charge < -0.3 is 24.9 Å². The van der Waals surface area contributed by atoms with Gasteiger partial charge in [-0.15, -0.1) is 0 Å². The van der Waals surface area contributed by atoms with Gasteiger partial charge in [-0.05, 0) is 0 Å². The Morgan fingerprint density at radius 3 is 2.22 bits per heavy atom. The molecule has 0 fully saturated rings. The molecule has 0 aromatic heterocycles. The highest BCUT2D eigenvalue weighted by Gasteiger charge is 2.16. The minimum atomic E-state index is -2.75. The van der Waals surface area contributed by atoms with Crippen LogP contribution in [0.1, 0.15) is 0 Å². The van der Waals surface area contributed by atoms with Crippen molar-refractivity contribution >= 4 is 9.76 Å². The van der Waals surface area contributed by atoms with Crippen molar-refractivity contribution < 1.29 is 24.9 Å². The third-order valence-corrected chi connectivity index (χ3v) is 1.21. The average Bonchev–Trinajstić information content (AvgIpc) is 1.63. The summed E-state index contributed by atoms with van der Waals surface area (Å²) in [5, 5.41) is 32.7. The van der Waals surface area contributed by atoms with Crippen LogP contribution in [0.5, 0.6) is 0 Å². The maximum absolute atomic E-state index is 8.17. The van der Waals surface area contributed by atoms with Gasteiger partial charge in [0, 0.05) is 0 Å². The quantitative estimate of drug-likeness (QED) is 0.193. The zero-order valence-electron chi connectivity index (χ0n) is 4.82. The first-order valence-electron chi connectivity index (χ1n) is 2.42. The summed E-state index contributed by atoms with van der Waals surface area (Å²) in [4.78, 5) is 0. The summed E-state index contributed by atoms with van der Waals surface area (Å²) < 4.78 is 4.49. The molecule has 4 N–H and O–H groups in total. The molecular weight excluding hydrogens is 144 g/mol. The van der Waals surface area contributed by atoms with E-state index in [-0.39, 0.29) is 6.23 Å². The third kappa shape index (κ3) is 8.02. The van der Waals surface area contributed by atoms with Gasteiger partial charge in [0.05, 0.1) is 6.23 Å². The Morgan fingerprint density at radius 1 is 1.33 bits per heavy atom. The van der Waals surface area contributed by atoms with Gasteiger partial charge in [0.15, 0.2) is 9.76 Å². The highest BCUT2D eigenvalue weighted by Crippen LogP contribution is 1.90. The van der Waals surface area contributed by atoms with Gasteiger partial charge in [-0.1, -0.05) is 0 Å². The molecule has 0 bridgehead atoms. The predicted octanol–water partition coefficient (Wildman–Crippen LogP) is -3.33. The van der Waals surface area contributed by atoms with E-state index in [1.807, 2.05) is 0 Å². The van der Waals surface area contributed by atoms with Crippen LogP contribution in [-0.4, -0.2) is 49.0 Å². The van der Waals surface area contributed by atoms with Crippen LogP contribution in [0.4, 0.5) is 0 Å². The first-order chi connectivity index (χ1) is 4.06. The molecular formula is C3H10O5Si. The van der Waals surface area contributed by atoms with Gasteiger partial charge in [0.1, 0.15) is 6.61 Å². The summed E-state index contributed by atoms with van der Waals surface area (Å²) in [5.41, 5.74) is 0. The fourth-order valence-corrected chi connectivity index (χ4v) is 0.821. The topological polar surface area (TPSA) is 90.2 Å². The van der Waals surface area contributed by atoms with Crippen molar-refractivity contribution in [1.29, 1.82) is 0 Å². The van der Waals surface area contributed by atoms with Crippen molar-refractivity contribution in [2.45, 2.75) is 5.97 Å². The molecule has 0 atom stereocenters. The Hall–Kier alpha value is 0.0169. The lowest BCUT2D eigenvalue weighted by atomic mass is 10.6. The lowest BCUT2D eigenvalue weighted by Gasteiger charge is -2.12. The molecule has 0 saturated carbocycles. The fourth-order valence-electron chi connectivity index (χ4n) is 0.274. The van der Waals surface area contributed by atoms with E-state index in [1.54, 1.807) is 0 Å². The van der Waals surface area contributed by atoms with Crippen LogP contribution in [0.2, 0.25) is 0 Å². The highest BCUT2D eigenvalue weighted by molar-refractivity contribution is 6.26. The molecule has 0 aliphatic rings. The Bertz CT molecular complexity index is 69.1. The summed E-state index contributed by atoms with van der Waals surface area (Å²) in [6.07, 6.45) is -0.0733. The Kier molecular flexibility index (Phi) is 3.94. The van der Waals surface area contributed by atoms with Crippen molar-refractivity contribution in [3.63, 3.8) is 0 Å². The lowest BCUT2D eigenvalue weighted by molar-refractivity contribution is -0.322. The smallest absolute Gasteiger partial charge is 0.298 e. The summed E-state index contributed by atoms with van der Waals surface area (Å²) >= 11 is 0. The number of aliphatic hydroxyl groups is 4. The maximum atomic E-state index is 8.17. The van der Waals surface area contributed by atoms with Gasteiger partial charge in [-0.25, -0.2) is 0 Å². The first-order valence-corrected chi connectivity index (χ1v) is 4.00. The summed E-state index contributed by atoms with van der Waals surface area (Å²) in [6.45, 7) is -0.556. The second-order valence-electron chi connectivity index (χ2n) is 1.55. The van der Waals surface area contributed by atoms with Crippen LogP contribution in [0.15, 0.2) is 0 Å². The van der Waals surface area contributed by atoms with Crippen molar-refractivity contribution in [3.8, 4) is 0 Å². The van der Waals surface area contributed by atoms with Crippen LogP contribution in [0, 0.1) is 0 Å². The van der Waals surface area contributed by atoms with E-state index < -0.39 is 22.3 Å². The van der Waals surface area contributed by atoms with Crippen LogP contribution >= 0.6 is 0 Å². The molecule has 0 amide bonds. The van der Waals surface area contributed by atoms with Crippen LogP contribution in [0.3, 0.4) is 0 Å². The normalized spacial score (nSPS) is 13.3. The Labute approximate surface area is 54.5 Å². The Balaban J connectivity index is 3.07. The van der Waals surface area contributed by atoms with Crippen molar-refractivity contribution in [2.24, 2.45) is 0 Å². The average molecular weight is 154 g/mol. The van der Waals surface area contributed by atoms with Gasteiger partial charge >= 0.3 is 0 Å². The molecule has 0 unspecified atom stereocenters. The summed E-state index contributed by atoms with van der Waals surface area (Å²) in [5.74, 6) is -2.75. The monoisotopic (exact) mass is 154 g/mol. The number of aliphatic hydroxyl groups excluding tert-OH is 1. The standard InChI is InChI=1S/C3H10O5Si/c4-2-9-8-1-3(5,6)7/h4-7H,1-2,9H2. The van der Waals surface area contributed by atoms with Gasteiger partial charge in [-0.3, -0.25) is 0 Å². The molecule has 9 heavy (non-hydrogen) atoms. The fraction of sp³-hybridized carbons (Fsp3) is 1.00. The van der Waals surface area contributed by atoms with E-state index in [9.17, 15) is 0 Å². The van der Waals surface area contributed by atoms with E-state index in [0.29, 0.717) is 0 Å². The highest BCUT2D eigenvalue weighted by atomic mass is 28.2. The molecule has 0 radical (unpaired) electrons. The first kappa shape index (κ1) is 9.02. The molecule has 0 spiro atoms. The van der Waals surface area contributed by atoms with E-state index in [2.05, 4.69) is 4.43 Å². The number of rotatable bonds is 4. The summed E-state index contributed by atoms with van der Waals surface area (Å²) in [7, 11) is -1.08. The minimum Gasteiger partial charge on any atom is -0.413 e. The second kappa shape index (κ2) is 3.93. The number of hydrogen-bond acceptors (Lipinski definition) is 5. The molecule has 0 aromatic rings. The molecule has 0 aliphatic carbocycles. The molecule has 5 nitrogen and oxygen atoms in total. The van der Waals surface area contributed by atoms with Crippen LogP contribution in [0.25, 0.3) is 0 Å². The lowest BCUT2D eigenvalue weighted by Crippen LogP contribution is -2.34. The zero-order chi connectivity index (χ0) is 7.33. The predicted molar refractivity (Wildman–Crippen MR) is 31.0 cm³/mol. The van der Waals surface area contributed by atoms with Crippen LogP contribution in [-0.2, 0) is 4.43 Å². The van der Waals surface area contributed by atoms with E-state index in [0.717, 1.165) is 0 Å². The molecule has 0 heterocycles. The molecule has 56 valence electrons. The van der Waals surface area contributed by atoms with E-state index >= 15 is 0 Å². The van der Waals surface area contributed by atoms with Crippen LogP contribution < -0.4 is 0 Å². The van der Waals surface area contributed by atoms with Gasteiger partial charge in [0.2, 0.25) is 0 Å². The van der Waals surface area contributed by atoms with Gasteiger partial charge in [-0.2, -0.15) is 0 Å². The van der Waals surface area contributed by atoms with Crippen molar-refractivity contribution in [1.82, 2.24) is 0 Å². The van der Waals surface area contributed by atoms with Gasteiger partial charge in [0.25, 0.3) is 5.97 Å². The molecule has 0 saturated heterocycles. The van der Waals surface area contributed by atoms with Crippen molar-refractivity contribution in [3.05, 3.63) is 0 Å². The minimum absolute atomic E-state index is 0.0733.